The van der Waals surface area contributed by atoms with Gasteiger partial charge in [0.25, 0.3) is 0 Å². The largest absolute Gasteiger partial charge is 0.406 e. The van der Waals surface area contributed by atoms with Gasteiger partial charge >= 0.3 is 6.01 Å². The molecule has 0 aliphatic carbocycles. The zero-order chi connectivity index (χ0) is 12.8. The summed E-state index contributed by atoms with van der Waals surface area (Å²) in [5.41, 5.74) is 0. The first-order valence-electron chi connectivity index (χ1n) is 5.56. The minimum Gasteiger partial charge on any atom is -0.406 e. The molecule has 2 N–H and O–H groups in total. The van der Waals surface area contributed by atoms with Crippen molar-refractivity contribution in [2.24, 2.45) is 7.05 Å². The van der Waals surface area contributed by atoms with Crippen LogP contribution in [0.2, 0.25) is 0 Å². The van der Waals surface area contributed by atoms with Crippen LogP contribution in [0.3, 0.4) is 0 Å². The Kier molecular flexibility index (Phi) is 4.26. The molecule has 8 nitrogen and oxygen atoms in total. The molecule has 0 fully saturated rings. The van der Waals surface area contributed by atoms with Gasteiger partial charge in [-0.15, -0.1) is 5.10 Å². The summed E-state index contributed by atoms with van der Waals surface area (Å²) in [4.78, 5) is 0. The van der Waals surface area contributed by atoms with Gasteiger partial charge in [-0.1, -0.05) is 5.10 Å². The van der Waals surface area contributed by atoms with E-state index in [4.69, 9.17) is 9.15 Å². The van der Waals surface area contributed by atoms with Crippen molar-refractivity contribution in [1.82, 2.24) is 25.3 Å². The molecule has 0 aliphatic rings. The second-order valence-corrected chi connectivity index (χ2v) is 3.67. The van der Waals surface area contributed by atoms with E-state index < -0.39 is 0 Å². The van der Waals surface area contributed by atoms with Crippen LogP contribution in [0.4, 0.5) is 11.8 Å². The van der Waals surface area contributed by atoms with Crippen LogP contribution in [0.1, 0.15) is 5.89 Å². The van der Waals surface area contributed by atoms with Crippen LogP contribution >= 0.6 is 0 Å². The van der Waals surface area contributed by atoms with Crippen molar-refractivity contribution in [1.29, 1.82) is 0 Å². The second kappa shape index (κ2) is 6.12. The highest BCUT2D eigenvalue weighted by Crippen LogP contribution is 2.12. The predicted molar refractivity (Wildman–Crippen MR) is 64.4 cm³/mol. The van der Waals surface area contributed by atoms with Crippen LogP contribution in [-0.2, 0) is 18.3 Å². The van der Waals surface area contributed by atoms with Crippen LogP contribution in [0, 0.1) is 0 Å². The standard InChI is InChI=1S/C10H16N6O2/c1-16-5-3-8(15-16)12-10-14-13-9(18-10)7-11-4-6-17-2/h3,5,11H,4,6-7H2,1-2H3,(H,12,14,15). The fourth-order valence-corrected chi connectivity index (χ4v) is 1.34. The molecular formula is C10H16N6O2. The lowest BCUT2D eigenvalue weighted by atomic mass is 10.6. The molecule has 2 heterocycles. The van der Waals surface area contributed by atoms with Crippen molar-refractivity contribution in [3.8, 4) is 0 Å². The number of anilines is 2. The molecule has 0 bridgehead atoms. The van der Waals surface area contributed by atoms with Crippen molar-refractivity contribution in [3.05, 3.63) is 18.2 Å². The van der Waals surface area contributed by atoms with Crippen molar-refractivity contribution >= 4 is 11.8 Å². The lowest BCUT2D eigenvalue weighted by Crippen LogP contribution is -2.18. The van der Waals surface area contributed by atoms with Gasteiger partial charge in [0.1, 0.15) is 0 Å². The summed E-state index contributed by atoms with van der Waals surface area (Å²) < 4.78 is 12.0. The summed E-state index contributed by atoms with van der Waals surface area (Å²) in [6, 6.07) is 2.15. The van der Waals surface area contributed by atoms with Crippen molar-refractivity contribution in [2.75, 3.05) is 25.6 Å². The molecule has 0 unspecified atom stereocenters. The topological polar surface area (TPSA) is 90.0 Å². The van der Waals surface area contributed by atoms with Gasteiger partial charge in [0.2, 0.25) is 5.89 Å². The third-order valence-corrected chi connectivity index (χ3v) is 2.17. The summed E-state index contributed by atoms with van der Waals surface area (Å²) in [5, 5.41) is 18.0. The minimum atomic E-state index is 0.331. The number of hydrogen-bond donors (Lipinski definition) is 2. The number of aryl methyl sites for hydroxylation is 1. The molecule has 8 heteroatoms. The molecule has 2 aromatic rings. The highest BCUT2D eigenvalue weighted by molar-refractivity contribution is 5.44. The highest BCUT2D eigenvalue weighted by Gasteiger charge is 2.06. The molecule has 0 amide bonds. The Morgan fingerprint density at radius 3 is 3.06 bits per heavy atom. The SMILES string of the molecule is COCCNCc1nnc(Nc2ccn(C)n2)o1. The number of ether oxygens (including phenoxy) is 1. The number of nitrogens with one attached hydrogen (secondary N) is 2. The molecule has 0 saturated heterocycles. The van der Waals surface area contributed by atoms with Gasteiger partial charge in [-0.3, -0.25) is 10.00 Å². The van der Waals surface area contributed by atoms with E-state index in [2.05, 4.69) is 25.9 Å². The summed E-state index contributed by atoms with van der Waals surface area (Å²) in [6.45, 7) is 1.90. The number of aromatic nitrogens is 4. The van der Waals surface area contributed by atoms with Gasteiger partial charge in [-0.2, -0.15) is 5.10 Å². The first kappa shape index (κ1) is 12.5. The van der Waals surface area contributed by atoms with E-state index in [1.807, 2.05) is 19.3 Å². The monoisotopic (exact) mass is 252 g/mol. The molecule has 0 spiro atoms. The molecule has 0 saturated carbocycles. The lowest BCUT2D eigenvalue weighted by Gasteiger charge is -1.99. The van der Waals surface area contributed by atoms with E-state index >= 15 is 0 Å². The Labute approximate surface area is 104 Å². The van der Waals surface area contributed by atoms with E-state index in [9.17, 15) is 0 Å². The van der Waals surface area contributed by atoms with Crippen LogP contribution in [-0.4, -0.2) is 40.2 Å². The van der Waals surface area contributed by atoms with E-state index in [0.29, 0.717) is 30.9 Å². The van der Waals surface area contributed by atoms with Crippen LogP contribution in [0.5, 0.6) is 0 Å². The number of hydrogen-bond acceptors (Lipinski definition) is 7. The fraction of sp³-hybridized carbons (Fsp3) is 0.500. The predicted octanol–water partition coefficient (Wildman–Crippen LogP) is 0.283. The normalized spacial score (nSPS) is 10.8. The first-order chi connectivity index (χ1) is 8.78. The van der Waals surface area contributed by atoms with E-state index in [1.165, 1.54) is 0 Å². The zero-order valence-corrected chi connectivity index (χ0v) is 10.4. The molecule has 2 rings (SSSR count). The Morgan fingerprint density at radius 1 is 1.44 bits per heavy atom. The van der Waals surface area contributed by atoms with Crippen molar-refractivity contribution in [2.45, 2.75) is 6.54 Å². The molecule has 18 heavy (non-hydrogen) atoms. The Morgan fingerprint density at radius 2 is 2.33 bits per heavy atom. The fourth-order valence-electron chi connectivity index (χ4n) is 1.34. The van der Waals surface area contributed by atoms with Crippen LogP contribution in [0.25, 0.3) is 0 Å². The average molecular weight is 252 g/mol. The molecule has 0 atom stereocenters. The third kappa shape index (κ3) is 3.54. The Balaban J connectivity index is 1.82. The quantitative estimate of drug-likeness (QED) is 0.684. The smallest absolute Gasteiger partial charge is 0.321 e. The van der Waals surface area contributed by atoms with Gasteiger partial charge < -0.3 is 14.5 Å². The molecule has 0 aliphatic heterocycles. The first-order valence-corrected chi connectivity index (χ1v) is 5.56. The summed E-state index contributed by atoms with van der Waals surface area (Å²) in [6.07, 6.45) is 1.83. The minimum absolute atomic E-state index is 0.331. The maximum absolute atomic E-state index is 5.39. The lowest BCUT2D eigenvalue weighted by molar-refractivity contribution is 0.198. The highest BCUT2D eigenvalue weighted by atomic mass is 16.5. The number of nitrogens with zero attached hydrogens (tertiary/aromatic N) is 4. The number of rotatable bonds is 7. The molecule has 0 aromatic carbocycles. The maximum Gasteiger partial charge on any atom is 0.321 e. The van der Waals surface area contributed by atoms with E-state index in [-0.39, 0.29) is 0 Å². The van der Waals surface area contributed by atoms with Gasteiger partial charge in [0, 0.05) is 33.0 Å². The molecule has 98 valence electrons. The van der Waals surface area contributed by atoms with E-state index in [1.54, 1.807) is 11.8 Å². The van der Waals surface area contributed by atoms with Gasteiger partial charge in [0.15, 0.2) is 5.82 Å². The Hall–Kier alpha value is -1.93. The number of methoxy groups -OCH3 is 1. The van der Waals surface area contributed by atoms with E-state index in [0.717, 1.165) is 6.54 Å². The zero-order valence-electron chi connectivity index (χ0n) is 10.4. The Bertz CT molecular complexity index is 480. The van der Waals surface area contributed by atoms with Crippen LogP contribution in [0.15, 0.2) is 16.7 Å². The summed E-state index contributed by atoms with van der Waals surface area (Å²) in [5.74, 6) is 1.18. The maximum atomic E-state index is 5.39. The average Bonchev–Trinajstić information content (AvgIpc) is 2.95. The molecular weight excluding hydrogens is 236 g/mol. The van der Waals surface area contributed by atoms with Gasteiger partial charge in [-0.05, 0) is 0 Å². The summed E-state index contributed by atoms with van der Waals surface area (Å²) in [7, 11) is 3.49. The van der Waals surface area contributed by atoms with Gasteiger partial charge in [0.05, 0.1) is 13.2 Å². The summed E-state index contributed by atoms with van der Waals surface area (Å²) >= 11 is 0. The molecule has 0 radical (unpaired) electrons. The second-order valence-electron chi connectivity index (χ2n) is 3.67. The van der Waals surface area contributed by atoms with Gasteiger partial charge in [-0.25, -0.2) is 0 Å². The van der Waals surface area contributed by atoms with Crippen molar-refractivity contribution in [3.63, 3.8) is 0 Å². The van der Waals surface area contributed by atoms with Crippen LogP contribution < -0.4 is 10.6 Å². The van der Waals surface area contributed by atoms with Crippen molar-refractivity contribution < 1.29 is 9.15 Å². The third-order valence-electron chi connectivity index (χ3n) is 2.17. The molecule has 2 aromatic heterocycles.